The molecule has 2 amide bonds. The SMILES string of the molecule is CCc1ocnc1C(=O)Nc1ccc(CC(=O)NCC(=O)O)cc1. The first-order valence-corrected chi connectivity index (χ1v) is 7.30. The predicted molar refractivity (Wildman–Crippen MR) is 84.6 cm³/mol. The van der Waals surface area contributed by atoms with Gasteiger partial charge >= 0.3 is 5.97 Å². The van der Waals surface area contributed by atoms with Gasteiger partial charge in [-0.25, -0.2) is 4.98 Å². The Bertz CT molecular complexity index is 736. The van der Waals surface area contributed by atoms with Crippen molar-refractivity contribution < 1.29 is 23.9 Å². The van der Waals surface area contributed by atoms with Crippen LogP contribution in [0.1, 0.15) is 28.7 Å². The number of benzene rings is 1. The Balaban J connectivity index is 1.93. The molecule has 8 heteroatoms. The number of aryl methyl sites for hydroxylation is 1. The Morgan fingerprint density at radius 2 is 1.92 bits per heavy atom. The Hall–Kier alpha value is -3.16. The van der Waals surface area contributed by atoms with Crippen molar-refractivity contribution in [1.82, 2.24) is 10.3 Å². The van der Waals surface area contributed by atoms with Crippen LogP contribution in [-0.2, 0) is 22.4 Å². The number of carboxylic acids is 1. The van der Waals surface area contributed by atoms with Gasteiger partial charge in [0.15, 0.2) is 12.1 Å². The summed E-state index contributed by atoms with van der Waals surface area (Å²) < 4.78 is 5.12. The molecule has 0 aliphatic heterocycles. The van der Waals surface area contributed by atoms with Gasteiger partial charge in [0, 0.05) is 12.1 Å². The summed E-state index contributed by atoms with van der Waals surface area (Å²) in [6.07, 6.45) is 1.85. The molecule has 0 aliphatic rings. The summed E-state index contributed by atoms with van der Waals surface area (Å²) in [6.45, 7) is 1.45. The van der Waals surface area contributed by atoms with Crippen LogP contribution in [0.25, 0.3) is 0 Å². The molecule has 2 aromatic rings. The fraction of sp³-hybridized carbons (Fsp3) is 0.250. The lowest BCUT2D eigenvalue weighted by Gasteiger charge is -2.06. The molecule has 126 valence electrons. The number of carbonyl (C=O) groups excluding carboxylic acids is 2. The van der Waals surface area contributed by atoms with Crippen molar-refractivity contribution >= 4 is 23.5 Å². The van der Waals surface area contributed by atoms with Crippen LogP contribution in [0, 0.1) is 0 Å². The van der Waals surface area contributed by atoms with Crippen LogP contribution in [0.4, 0.5) is 5.69 Å². The topological polar surface area (TPSA) is 122 Å². The average Bonchev–Trinajstić information content (AvgIpc) is 3.03. The van der Waals surface area contributed by atoms with Crippen LogP contribution in [0.15, 0.2) is 35.1 Å². The maximum Gasteiger partial charge on any atom is 0.322 e. The van der Waals surface area contributed by atoms with E-state index in [1.165, 1.54) is 6.39 Å². The Morgan fingerprint density at radius 3 is 2.54 bits per heavy atom. The number of aromatic nitrogens is 1. The normalized spacial score (nSPS) is 10.2. The quantitative estimate of drug-likeness (QED) is 0.701. The zero-order valence-electron chi connectivity index (χ0n) is 13.0. The van der Waals surface area contributed by atoms with Gasteiger partial charge in [-0.1, -0.05) is 19.1 Å². The molecular formula is C16H17N3O5. The second-order valence-electron chi connectivity index (χ2n) is 4.98. The fourth-order valence-electron chi connectivity index (χ4n) is 2.02. The molecule has 0 saturated heterocycles. The predicted octanol–water partition coefficient (Wildman–Crippen LogP) is 1.23. The number of carbonyl (C=O) groups is 3. The number of nitrogens with zero attached hydrogens (tertiary/aromatic N) is 1. The minimum Gasteiger partial charge on any atom is -0.480 e. The van der Waals surface area contributed by atoms with Crippen LogP contribution in [0.5, 0.6) is 0 Å². The molecule has 0 aliphatic carbocycles. The number of rotatable bonds is 7. The van der Waals surface area contributed by atoms with Gasteiger partial charge in [0.2, 0.25) is 5.91 Å². The first-order valence-electron chi connectivity index (χ1n) is 7.30. The summed E-state index contributed by atoms with van der Waals surface area (Å²) in [5, 5.41) is 13.5. The lowest BCUT2D eigenvalue weighted by molar-refractivity contribution is -0.137. The minimum absolute atomic E-state index is 0.0603. The molecule has 1 aromatic heterocycles. The number of carboxylic acid groups (broad SMARTS) is 1. The van der Waals surface area contributed by atoms with E-state index in [9.17, 15) is 14.4 Å². The molecule has 1 heterocycles. The van der Waals surface area contributed by atoms with Crippen molar-refractivity contribution in [3.8, 4) is 0 Å². The second-order valence-corrected chi connectivity index (χ2v) is 4.98. The zero-order chi connectivity index (χ0) is 17.5. The summed E-state index contributed by atoms with van der Waals surface area (Å²) in [4.78, 5) is 37.9. The lowest BCUT2D eigenvalue weighted by atomic mass is 10.1. The van der Waals surface area contributed by atoms with Gasteiger partial charge in [0.05, 0.1) is 6.42 Å². The number of nitrogens with one attached hydrogen (secondary N) is 2. The maximum absolute atomic E-state index is 12.1. The van der Waals surface area contributed by atoms with Gasteiger partial charge < -0.3 is 20.2 Å². The molecule has 8 nitrogen and oxygen atoms in total. The first kappa shape index (κ1) is 17.2. The van der Waals surface area contributed by atoms with Crippen molar-refractivity contribution in [2.45, 2.75) is 19.8 Å². The maximum atomic E-state index is 12.1. The summed E-state index contributed by atoms with van der Waals surface area (Å²) >= 11 is 0. The highest BCUT2D eigenvalue weighted by Gasteiger charge is 2.15. The van der Waals surface area contributed by atoms with Crippen molar-refractivity contribution in [2.24, 2.45) is 0 Å². The standard InChI is InChI=1S/C16H17N3O5/c1-2-12-15(18-9-24-12)16(23)19-11-5-3-10(4-6-11)7-13(20)17-8-14(21)22/h3-6,9H,2,7-8H2,1H3,(H,17,20)(H,19,23)(H,21,22). The molecule has 0 spiro atoms. The molecule has 0 atom stereocenters. The number of aliphatic carboxylic acids is 1. The Kier molecular flexibility index (Phi) is 5.67. The van der Waals surface area contributed by atoms with Crippen LogP contribution < -0.4 is 10.6 Å². The molecule has 0 unspecified atom stereocenters. The van der Waals surface area contributed by atoms with Gasteiger partial charge in [-0.15, -0.1) is 0 Å². The summed E-state index contributed by atoms with van der Waals surface area (Å²) in [5.74, 6) is -1.34. The van der Waals surface area contributed by atoms with Gasteiger partial charge in [-0.05, 0) is 17.7 Å². The van der Waals surface area contributed by atoms with E-state index in [1.54, 1.807) is 24.3 Å². The molecule has 0 bridgehead atoms. The smallest absolute Gasteiger partial charge is 0.322 e. The Labute approximate surface area is 137 Å². The van der Waals surface area contributed by atoms with Crippen molar-refractivity contribution in [1.29, 1.82) is 0 Å². The van der Waals surface area contributed by atoms with E-state index in [0.29, 0.717) is 23.4 Å². The number of hydrogen-bond acceptors (Lipinski definition) is 5. The molecule has 0 radical (unpaired) electrons. The van der Waals surface area contributed by atoms with Gasteiger partial charge in [0.25, 0.3) is 5.91 Å². The molecule has 2 rings (SSSR count). The zero-order valence-corrected chi connectivity index (χ0v) is 13.0. The number of amides is 2. The van der Waals surface area contributed by atoms with E-state index in [2.05, 4.69) is 15.6 Å². The summed E-state index contributed by atoms with van der Waals surface area (Å²) in [6, 6.07) is 6.67. The third-order valence-electron chi connectivity index (χ3n) is 3.19. The van der Waals surface area contributed by atoms with E-state index >= 15 is 0 Å². The monoisotopic (exact) mass is 331 g/mol. The molecule has 0 fully saturated rings. The van der Waals surface area contributed by atoms with E-state index < -0.39 is 12.5 Å². The summed E-state index contributed by atoms with van der Waals surface area (Å²) in [5.41, 5.74) is 1.50. The van der Waals surface area contributed by atoms with Crippen molar-refractivity contribution in [2.75, 3.05) is 11.9 Å². The van der Waals surface area contributed by atoms with Crippen molar-refractivity contribution in [3.05, 3.63) is 47.7 Å². The van der Waals surface area contributed by atoms with Crippen molar-refractivity contribution in [3.63, 3.8) is 0 Å². The van der Waals surface area contributed by atoms with Gasteiger partial charge in [-0.2, -0.15) is 0 Å². The van der Waals surface area contributed by atoms with Crippen LogP contribution in [-0.4, -0.2) is 34.4 Å². The van der Waals surface area contributed by atoms with Crippen LogP contribution in [0.2, 0.25) is 0 Å². The fourth-order valence-corrected chi connectivity index (χ4v) is 2.02. The highest BCUT2D eigenvalue weighted by Crippen LogP contribution is 2.14. The van der Waals surface area contributed by atoms with E-state index in [0.717, 1.165) is 0 Å². The molecule has 1 aromatic carbocycles. The van der Waals surface area contributed by atoms with Gasteiger partial charge in [0.1, 0.15) is 12.3 Å². The molecule has 24 heavy (non-hydrogen) atoms. The van der Waals surface area contributed by atoms with Crippen LogP contribution in [0.3, 0.4) is 0 Å². The average molecular weight is 331 g/mol. The minimum atomic E-state index is -1.10. The van der Waals surface area contributed by atoms with E-state index in [1.807, 2.05) is 6.92 Å². The highest BCUT2D eigenvalue weighted by atomic mass is 16.4. The highest BCUT2D eigenvalue weighted by molar-refractivity contribution is 6.03. The molecular weight excluding hydrogens is 314 g/mol. The lowest BCUT2D eigenvalue weighted by Crippen LogP contribution is -2.30. The third-order valence-corrected chi connectivity index (χ3v) is 3.19. The molecule has 3 N–H and O–H groups in total. The second kappa shape index (κ2) is 7.91. The van der Waals surface area contributed by atoms with Gasteiger partial charge in [-0.3, -0.25) is 14.4 Å². The summed E-state index contributed by atoms with van der Waals surface area (Å²) in [7, 11) is 0. The first-order chi connectivity index (χ1) is 11.5. The van der Waals surface area contributed by atoms with E-state index in [-0.39, 0.29) is 23.9 Å². The largest absolute Gasteiger partial charge is 0.480 e. The Morgan fingerprint density at radius 1 is 1.21 bits per heavy atom. The number of anilines is 1. The van der Waals surface area contributed by atoms with E-state index in [4.69, 9.17) is 9.52 Å². The number of oxazole rings is 1. The number of hydrogen-bond donors (Lipinski definition) is 3. The molecule has 0 saturated carbocycles. The third kappa shape index (κ3) is 4.67. The van der Waals surface area contributed by atoms with Crippen LogP contribution >= 0.6 is 0 Å².